The van der Waals surface area contributed by atoms with E-state index in [4.69, 9.17) is 9.47 Å². The molecule has 1 heterocycles. The molecular formula is C36H42N2O6. The van der Waals surface area contributed by atoms with E-state index in [2.05, 4.69) is 10.6 Å². The van der Waals surface area contributed by atoms with E-state index in [1.54, 1.807) is 6.92 Å². The first-order valence-electron chi connectivity index (χ1n) is 15.2. The molecule has 0 bridgehead atoms. The summed E-state index contributed by atoms with van der Waals surface area (Å²) in [4.78, 5) is 39.3. The van der Waals surface area contributed by atoms with Gasteiger partial charge in [0.15, 0.2) is 0 Å². The van der Waals surface area contributed by atoms with Crippen LogP contribution in [0.1, 0.15) is 42.9 Å². The van der Waals surface area contributed by atoms with Crippen LogP contribution in [0.5, 0.6) is 5.75 Å². The Balaban J connectivity index is 1.47. The number of aliphatic hydroxyl groups excluding tert-OH is 1. The van der Waals surface area contributed by atoms with Gasteiger partial charge in [0.2, 0.25) is 11.8 Å². The summed E-state index contributed by atoms with van der Waals surface area (Å²) >= 11 is 0. The third-order valence-corrected chi connectivity index (χ3v) is 7.58. The van der Waals surface area contributed by atoms with Gasteiger partial charge in [-0.15, -0.1) is 0 Å². The smallest absolute Gasteiger partial charge is 0.309 e. The fourth-order valence-electron chi connectivity index (χ4n) is 5.09. The Morgan fingerprint density at radius 1 is 0.886 bits per heavy atom. The first-order valence-corrected chi connectivity index (χ1v) is 15.2. The summed E-state index contributed by atoms with van der Waals surface area (Å²) in [5.74, 6) is -1.16. The van der Waals surface area contributed by atoms with Gasteiger partial charge in [0.1, 0.15) is 19.0 Å². The molecule has 0 radical (unpaired) electrons. The van der Waals surface area contributed by atoms with Gasteiger partial charge in [-0.3, -0.25) is 14.4 Å². The highest BCUT2D eigenvalue weighted by Gasteiger charge is 2.27. The molecule has 0 fully saturated rings. The van der Waals surface area contributed by atoms with Gasteiger partial charge in [0.05, 0.1) is 24.5 Å². The predicted octanol–water partition coefficient (Wildman–Crippen LogP) is 4.55. The fraction of sp³-hybridized carbons (Fsp3) is 0.361. The lowest BCUT2D eigenvalue weighted by atomic mass is 9.94. The largest absolute Gasteiger partial charge is 0.489 e. The van der Waals surface area contributed by atoms with Gasteiger partial charge in [0, 0.05) is 12.5 Å². The number of benzene rings is 3. The molecule has 0 aromatic heterocycles. The lowest BCUT2D eigenvalue weighted by Crippen LogP contribution is -2.45. The molecule has 44 heavy (non-hydrogen) atoms. The number of nitrogens with one attached hydrogen (secondary N) is 2. The summed E-state index contributed by atoms with van der Waals surface area (Å²) in [5, 5.41) is 15.1. The molecule has 3 aromatic rings. The lowest BCUT2D eigenvalue weighted by molar-refractivity contribution is -0.150. The second-order valence-electron chi connectivity index (χ2n) is 11.3. The molecule has 0 aliphatic carbocycles. The maximum atomic E-state index is 13.4. The van der Waals surface area contributed by atoms with Crippen LogP contribution in [0, 0.1) is 11.8 Å². The van der Waals surface area contributed by atoms with Crippen LogP contribution in [0.2, 0.25) is 0 Å². The zero-order valence-electron chi connectivity index (χ0n) is 25.2. The summed E-state index contributed by atoms with van der Waals surface area (Å²) in [6.45, 7) is 1.98. The first-order chi connectivity index (χ1) is 21.4. The lowest BCUT2D eigenvalue weighted by Gasteiger charge is -2.24. The second-order valence-corrected chi connectivity index (χ2v) is 11.3. The molecule has 1 aliphatic heterocycles. The van der Waals surface area contributed by atoms with E-state index in [-0.39, 0.29) is 43.3 Å². The van der Waals surface area contributed by atoms with E-state index >= 15 is 0 Å². The van der Waals surface area contributed by atoms with Crippen molar-refractivity contribution in [3.8, 4) is 5.75 Å². The van der Waals surface area contributed by atoms with Crippen LogP contribution in [0.25, 0.3) is 0 Å². The SMILES string of the molecule is C[C@@H](CO)NC(=O)C[C@H]1CC=CC[C@@H](Cc2ccccc2)C(=O)OC[C@H](Cc2ccc(OCc3ccccc3)cc2)NC1=O. The maximum absolute atomic E-state index is 13.4. The molecule has 4 rings (SSSR count). The van der Waals surface area contributed by atoms with Crippen molar-refractivity contribution in [2.45, 2.75) is 57.7 Å². The zero-order valence-corrected chi connectivity index (χ0v) is 25.2. The van der Waals surface area contributed by atoms with E-state index in [1.807, 2.05) is 97.1 Å². The van der Waals surface area contributed by atoms with Gasteiger partial charge in [0.25, 0.3) is 0 Å². The fourth-order valence-corrected chi connectivity index (χ4v) is 5.09. The van der Waals surface area contributed by atoms with E-state index in [0.29, 0.717) is 32.3 Å². The van der Waals surface area contributed by atoms with Crippen LogP contribution in [-0.4, -0.2) is 48.2 Å². The molecule has 0 saturated carbocycles. The van der Waals surface area contributed by atoms with Gasteiger partial charge >= 0.3 is 5.97 Å². The van der Waals surface area contributed by atoms with Gasteiger partial charge in [-0.05, 0) is 61.4 Å². The number of aliphatic hydroxyl groups is 1. The maximum Gasteiger partial charge on any atom is 0.309 e. The van der Waals surface area contributed by atoms with Crippen molar-refractivity contribution in [2.75, 3.05) is 13.2 Å². The van der Waals surface area contributed by atoms with E-state index < -0.39 is 18.0 Å². The molecule has 232 valence electrons. The molecular weight excluding hydrogens is 556 g/mol. The molecule has 0 spiro atoms. The number of carbonyl (C=O) groups is 3. The van der Waals surface area contributed by atoms with Crippen molar-refractivity contribution >= 4 is 17.8 Å². The highest BCUT2D eigenvalue weighted by molar-refractivity contribution is 5.86. The van der Waals surface area contributed by atoms with Gasteiger partial charge in [-0.2, -0.15) is 0 Å². The van der Waals surface area contributed by atoms with E-state index in [0.717, 1.165) is 22.4 Å². The second kappa shape index (κ2) is 17.0. The zero-order chi connectivity index (χ0) is 31.1. The number of carbonyl (C=O) groups excluding carboxylic acids is 3. The number of hydrogen-bond acceptors (Lipinski definition) is 6. The molecule has 0 saturated heterocycles. The summed E-state index contributed by atoms with van der Waals surface area (Å²) in [6.07, 6.45) is 5.51. The molecule has 1 aliphatic rings. The van der Waals surface area contributed by atoms with E-state index in [1.165, 1.54) is 0 Å². The minimum absolute atomic E-state index is 0.00625. The van der Waals surface area contributed by atoms with Gasteiger partial charge < -0.3 is 25.2 Å². The Hall–Kier alpha value is -4.43. The molecule has 8 nitrogen and oxygen atoms in total. The van der Waals surface area contributed by atoms with Crippen LogP contribution in [0.15, 0.2) is 97.1 Å². The number of ether oxygens (including phenoxy) is 2. The van der Waals surface area contributed by atoms with Crippen LogP contribution in [-0.2, 0) is 38.6 Å². The van der Waals surface area contributed by atoms with Crippen molar-refractivity contribution in [3.63, 3.8) is 0 Å². The number of amides is 2. The van der Waals surface area contributed by atoms with Crippen LogP contribution in [0.3, 0.4) is 0 Å². The first kappa shape index (κ1) is 32.5. The van der Waals surface area contributed by atoms with Crippen molar-refractivity contribution in [2.24, 2.45) is 11.8 Å². The van der Waals surface area contributed by atoms with Crippen LogP contribution >= 0.6 is 0 Å². The van der Waals surface area contributed by atoms with Crippen molar-refractivity contribution in [3.05, 3.63) is 114 Å². The average Bonchev–Trinajstić information content (AvgIpc) is 3.04. The molecule has 4 atom stereocenters. The minimum Gasteiger partial charge on any atom is -0.489 e. The highest BCUT2D eigenvalue weighted by Crippen LogP contribution is 2.20. The Kier molecular flexibility index (Phi) is 12.6. The van der Waals surface area contributed by atoms with E-state index in [9.17, 15) is 19.5 Å². The number of hydrogen-bond donors (Lipinski definition) is 3. The number of allylic oxidation sites excluding steroid dienone is 2. The Labute approximate surface area is 259 Å². The normalized spacial score (nSPS) is 19.9. The Morgan fingerprint density at radius 3 is 2.16 bits per heavy atom. The summed E-state index contributed by atoms with van der Waals surface area (Å²) in [6, 6.07) is 26.5. The van der Waals surface area contributed by atoms with Gasteiger partial charge in [-0.1, -0.05) is 84.9 Å². The Morgan fingerprint density at radius 2 is 1.50 bits per heavy atom. The van der Waals surface area contributed by atoms with Crippen LogP contribution in [0.4, 0.5) is 0 Å². The summed E-state index contributed by atoms with van der Waals surface area (Å²) in [5.41, 5.74) is 3.06. The number of esters is 1. The minimum atomic E-state index is -0.615. The molecule has 3 N–H and O–H groups in total. The summed E-state index contributed by atoms with van der Waals surface area (Å²) < 4.78 is 11.7. The third kappa shape index (κ3) is 10.7. The van der Waals surface area contributed by atoms with Crippen molar-refractivity contribution in [1.82, 2.24) is 10.6 Å². The highest BCUT2D eigenvalue weighted by atomic mass is 16.5. The summed E-state index contributed by atoms with van der Waals surface area (Å²) in [7, 11) is 0. The molecule has 0 unspecified atom stereocenters. The molecule has 3 aromatic carbocycles. The van der Waals surface area contributed by atoms with Crippen molar-refractivity contribution in [1.29, 1.82) is 0 Å². The Bertz CT molecular complexity index is 1360. The average molecular weight is 599 g/mol. The van der Waals surface area contributed by atoms with Gasteiger partial charge in [-0.25, -0.2) is 0 Å². The quantitative estimate of drug-likeness (QED) is 0.221. The standard InChI is InChI=1S/C36H42N2O6/c1-26(23-39)37-34(40)22-30-14-8-9-15-31(20-27-10-4-2-5-11-27)36(42)44-25-32(38-35(30)41)21-28-16-18-33(19-17-28)43-24-29-12-6-3-7-13-29/h2-13,16-19,26,30-32,39H,14-15,20-25H2,1H3,(H,37,40)(H,38,41)/t26-,30+,31-,32-/m0/s1. The molecule has 8 heteroatoms. The number of cyclic esters (lactones) is 1. The van der Waals surface area contributed by atoms with Crippen molar-refractivity contribution < 1.29 is 29.0 Å². The number of rotatable bonds is 11. The monoisotopic (exact) mass is 598 g/mol. The topological polar surface area (TPSA) is 114 Å². The van der Waals surface area contributed by atoms with Crippen LogP contribution < -0.4 is 15.4 Å². The predicted molar refractivity (Wildman–Crippen MR) is 169 cm³/mol. The third-order valence-electron chi connectivity index (χ3n) is 7.58. The molecule has 2 amide bonds.